The zero-order valence-corrected chi connectivity index (χ0v) is 31.4. The van der Waals surface area contributed by atoms with E-state index in [1.54, 1.807) is 28.4 Å². The van der Waals surface area contributed by atoms with E-state index in [2.05, 4.69) is 50.2 Å². The number of nitrogens with two attached hydrogens (primary N) is 1. The molecule has 1 fully saturated rings. The molecule has 6 rings (SSSR count). The van der Waals surface area contributed by atoms with Gasteiger partial charge in [0, 0.05) is 49.2 Å². The summed E-state index contributed by atoms with van der Waals surface area (Å²) in [6, 6.07) is 17.0. The van der Waals surface area contributed by atoms with Crippen LogP contribution < -0.4 is 5.73 Å². The van der Waals surface area contributed by atoms with Crippen molar-refractivity contribution in [1.82, 2.24) is 29.3 Å². The molecule has 0 bridgehead atoms. The van der Waals surface area contributed by atoms with Crippen molar-refractivity contribution in [1.29, 1.82) is 0 Å². The Labute approximate surface area is 308 Å². The summed E-state index contributed by atoms with van der Waals surface area (Å²) in [5, 5.41) is 3.95. The maximum atomic E-state index is 13.4. The molecule has 2 atom stereocenters. The van der Waals surface area contributed by atoms with Gasteiger partial charge in [-0.3, -0.25) is 0 Å². The highest BCUT2D eigenvalue weighted by Crippen LogP contribution is 2.42. The van der Waals surface area contributed by atoms with Crippen molar-refractivity contribution in [3.8, 4) is 10.6 Å². The summed E-state index contributed by atoms with van der Waals surface area (Å²) in [4.78, 5) is 31.1. The van der Waals surface area contributed by atoms with Gasteiger partial charge in [0.1, 0.15) is 27.9 Å². The van der Waals surface area contributed by atoms with E-state index in [1.165, 1.54) is 17.7 Å². The summed E-state index contributed by atoms with van der Waals surface area (Å²) < 4.78 is 21.4. The number of carbonyl (C=O) groups excluding carboxylic acids is 1. The van der Waals surface area contributed by atoms with E-state index in [9.17, 15) is 9.18 Å². The summed E-state index contributed by atoms with van der Waals surface area (Å²) in [6.45, 7) is 8.52. The van der Waals surface area contributed by atoms with Gasteiger partial charge < -0.3 is 24.8 Å². The van der Waals surface area contributed by atoms with Crippen LogP contribution in [0.25, 0.3) is 21.6 Å². The van der Waals surface area contributed by atoms with Crippen molar-refractivity contribution in [2.75, 3.05) is 39.0 Å². The summed E-state index contributed by atoms with van der Waals surface area (Å²) in [7, 11) is 2.15. The molecule has 1 aliphatic rings. The van der Waals surface area contributed by atoms with Gasteiger partial charge in [0.15, 0.2) is 0 Å². The van der Waals surface area contributed by atoms with E-state index in [0.717, 1.165) is 78.1 Å². The fourth-order valence-corrected chi connectivity index (χ4v) is 7.98. The first-order valence-electron chi connectivity index (χ1n) is 17.6. The number of amides is 1. The lowest BCUT2D eigenvalue weighted by atomic mass is 10.1. The number of thiazole rings is 1. The number of nitrogen functional groups attached to an aromatic ring is 1. The molecular weight excluding hydrogens is 685 g/mol. The molecule has 270 valence electrons. The number of halogens is 2. The van der Waals surface area contributed by atoms with Crippen molar-refractivity contribution in [2.24, 2.45) is 5.92 Å². The van der Waals surface area contributed by atoms with Crippen molar-refractivity contribution in [3.05, 3.63) is 94.1 Å². The Morgan fingerprint density at radius 3 is 2.55 bits per heavy atom. The number of hydrogen-bond acceptors (Lipinski definition) is 8. The molecule has 5 aromatic rings. The van der Waals surface area contributed by atoms with Gasteiger partial charge in [-0.15, -0.1) is 11.3 Å². The highest BCUT2D eigenvalue weighted by Gasteiger charge is 2.30. The average molecular weight is 732 g/mol. The van der Waals surface area contributed by atoms with Crippen molar-refractivity contribution >= 4 is 45.9 Å². The Morgan fingerprint density at radius 2 is 1.80 bits per heavy atom. The lowest BCUT2D eigenvalue weighted by Gasteiger charge is -2.28. The molecule has 3 heterocycles. The van der Waals surface area contributed by atoms with Gasteiger partial charge >= 0.3 is 6.09 Å². The summed E-state index contributed by atoms with van der Waals surface area (Å²) in [6.07, 6.45) is 7.16. The molecular formula is C39H47ClFN7O2S. The lowest BCUT2D eigenvalue weighted by molar-refractivity contribution is 0.0245. The fraction of sp³-hybridized carbons (Fsp3) is 0.436. The Balaban J connectivity index is 1.08. The van der Waals surface area contributed by atoms with Crippen LogP contribution in [-0.2, 0) is 17.6 Å². The third-order valence-corrected chi connectivity index (χ3v) is 10.5. The Kier molecular flexibility index (Phi) is 11.6. The largest absolute Gasteiger partial charge is 0.444 e. The van der Waals surface area contributed by atoms with Crippen molar-refractivity contribution in [2.45, 2.75) is 70.9 Å². The molecule has 0 spiro atoms. The van der Waals surface area contributed by atoms with Crippen LogP contribution in [-0.4, -0.2) is 74.2 Å². The second-order valence-electron chi connectivity index (χ2n) is 14.6. The molecule has 2 N–H and O–H groups in total. The quantitative estimate of drug-likeness (QED) is 0.121. The van der Waals surface area contributed by atoms with Crippen LogP contribution in [0.15, 0.2) is 66.2 Å². The number of benzene rings is 2. The van der Waals surface area contributed by atoms with Crippen LogP contribution >= 0.6 is 22.9 Å². The van der Waals surface area contributed by atoms with Gasteiger partial charge in [-0.25, -0.2) is 19.2 Å². The minimum atomic E-state index is -0.582. The number of carbonyl (C=O) groups is 1. The fourth-order valence-electron chi connectivity index (χ4n) is 6.97. The smallest absolute Gasteiger partial charge is 0.410 e. The predicted molar refractivity (Wildman–Crippen MR) is 204 cm³/mol. The molecule has 2 aromatic carbocycles. The Hall–Kier alpha value is -4.06. The SMILES string of the molecule is CN(CCCN(CCc1ccc(F)cc1)C(=O)OC(C)(C)C)C[C@@H]1CC[C@H](n2cc(-c3nc(Cc4ccccc4)cs3)c3c(N)nc(Cl)nc32)C1. The first-order chi connectivity index (χ1) is 24.4. The van der Waals surface area contributed by atoms with E-state index in [1.807, 2.05) is 39.0 Å². The van der Waals surface area contributed by atoms with Gasteiger partial charge in [0.25, 0.3) is 0 Å². The Bertz CT molecular complexity index is 1930. The van der Waals surface area contributed by atoms with Gasteiger partial charge in [-0.1, -0.05) is 42.5 Å². The van der Waals surface area contributed by atoms with Gasteiger partial charge in [0.05, 0.1) is 11.1 Å². The number of hydrogen-bond donors (Lipinski definition) is 1. The van der Waals surface area contributed by atoms with E-state index in [-0.39, 0.29) is 23.2 Å². The maximum Gasteiger partial charge on any atom is 0.410 e. The molecule has 9 nitrogen and oxygen atoms in total. The predicted octanol–water partition coefficient (Wildman–Crippen LogP) is 8.66. The maximum absolute atomic E-state index is 13.4. The van der Waals surface area contributed by atoms with Gasteiger partial charge in [0.2, 0.25) is 5.28 Å². The molecule has 1 saturated carbocycles. The van der Waals surface area contributed by atoms with Gasteiger partial charge in [-0.05, 0) is 107 Å². The third kappa shape index (κ3) is 9.64. The second-order valence-corrected chi connectivity index (χ2v) is 15.8. The van der Waals surface area contributed by atoms with Gasteiger partial charge in [-0.2, -0.15) is 4.98 Å². The molecule has 0 radical (unpaired) electrons. The average Bonchev–Trinajstić information content (AvgIpc) is 3.82. The number of aromatic nitrogens is 4. The zero-order chi connectivity index (χ0) is 36.1. The van der Waals surface area contributed by atoms with Crippen LogP contribution in [0, 0.1) is 11.7 Å². The molecule has 1 aliphatic carbocycles. The Morgan fingerprint density at radius 1 is 1.04 bits per heavy atom. The third-order valence-electron chi connectivity index (χ3n) is 9.36. The number of ether oxygens (including phenoxy) is 1. The number of nitrogens with zero attached hydrogens (tertiary/aromatic N) is 6. The minimum absolute atomic E-state index is 0.141. The number of fused-ring (bicyclic) bond motifs is 1. The van der Waals surface area contributed by atoms with Crippen LogP contribution in [0.2, 0.25) is 5.28 Å². The minimum Gasteiger partial charge on any atom is -0.444 e. The first-order valence-corrected chi connectivity index (χ1v) is 18.9. The van der Waals surface area contributed by atoms with Crippen LogP contribution in [0.3, 0.4) is 0 Å². The van der Waals surface area contributed by atoms with Crippen LogP contribution in [0.1, 0.15) is 69.3 Å². The highest BCUT2D eigenvalue weighted by atomic mass is 35.5. The van der Waals surface area contributed by atoms with Crippen molar-refractivity contribution in [3.63, 3.8) is 0 Å². The molecule has 51 heavy (non-hydrogen) atoms. The van der Waals surface area contributed by atoms with Crippen molar-refractivity contribution < 1.29 is 13.9 Å². The topological polar surface area (TPSA) is 102 Å². The van der Waals surface area contributed by atoms with E-state index in [0.29, 0.717) is 31.2 Å². The normalized spacial score (nSPS) is 16.3. The number of rotatable bonds is 13. The first kappa shape index (κ1) is 36.7. The molecule has 0 unspecified atom stereocenters. The monoisotopic (exact) mass is 731 g/mol. The van der Waals surface area contributed by atoms with Crippen LogP contribution in [0.4, 0.5) is 15.0 Å². The number of anilines is 1. The molecule has 1 amide bonds. The van der Waals surface area contributed by atoms with E-state index >= 15 is 0 Å². The standard InChI is InChI=1S/C39H47ClFN7O2S/c1-39(2,3)50-38(49)47(20-17-26-11-14-29(41)15-12-26)19-8-18-46(4)23-28-13-16-31(22-28)48-24-32(33-34(42)44-37(40)45-35(33)48)36-43-30(25-51-36)21-27-9-6-5-7-10-27/h5-7,9-12,14-15,24-25,28,31H,8,13,16-23H2,1-4H3,(H2,42,44,45)/t28-,31+/m1/s1. The lowest BCUT2D eigenvalue weighted by Crippen LogP contribution is -2.39. The summed E-state index contributed by atoms with van der Waals surface area (Å²) in [5.41, 5.74) is 10.8. The van der Waals surface area contributed by atoms with E-state index in [4.69, 9.17) is 27.1 Å². The molecule has 0 saturated heterocycles. The molecule has 12 heteroatoms. The highest BCUT2D eigenvalue weighted by molar-refractivity contribution is 7.13. The summed E-state index contributed by atoms with van der Waals surface area (Å²) in [5.74, 6) is 0.608. The second kappa shape index (κ2) is 16.1. The zero-order valence-electron chi connectivity index (χ0n) is 29.8. The summed E-state index contributed by atoms with van der Waals surface area (Å²) >= 11 is 7.96. The van der Waals surface area contributed by atoms with E-state index < -0.39 is 5.60 Å². The molecule has 3 aromatic heterocycles. The molecule has 0 aliphatic heterocycles. The van der Waals surface area contributed by atoms with Crippen LogP contribution in [0.5, 0.6) is 0 Å².